The molecule has 2 aromatic carbocycles. The minimum absolute atomic E-state index is 0.260. The van der Waals surface area contributed by atoms with Crippen LogP contribution in [0.4, 0.5) is 0 Å². The Morgan fingerprint density at radius 3 is 2.76 bits per heavy atom. The predicted octanol–water partition coefficient (Wildman–Crippen LogP) is 5.17. The SMILES string of the molecule is Cc1cc(/C=N\NC(=O)c2ccccc2Br)c(C)n1-c1ccc2ncccc2c1. The Kier molecular flexibility index (Phi) is 5.27. The Bertz CT molecular complexity index is 1240. The van der Waals surface area contributed by atoms with Gasteiger partial charge in [0.15, 0.2) is 0 Å². The predicted molar refractivity (Wildman–Crippen MR) is 120 cm³/mol. The molecule has 0 aliphatic heterocycles. The lowest BCUT2D eigenvalue weighted by Gasteiger charge is -2.10. The molecule has 5 nitrogen and oxygen atoms in total. The monoisotopic (exact) mass is 446 g/mol. The maximum Gasteiger partial charge on any atom is 0.272 e. The van der Waals surface area contributed by atoms with Crippen molar-refractivity contribution in [3.8, 4) is 5.69 Å². The number of carbonyl (C=O) groups is 1. The molecule has 0 spiro atoms. The summed E-state index contributed by atoms with van der Waals surface area (Å²) in [6.07, 6.45) is 3.47. The summed E-state index contributed by atoms with van der Waals surface area (Å²) in [5, 5.41) is 5.24. The average molecular weight is 447 g/mol. The Morgan fingerprint density at radius 1 is 1.10 bits per heavy atom. The lowest BCUT2D eigenvalue weighted by Crippen LogP contribution is -2.18. The Hall–Kier alpha value is -3.25. The number of fused-ring (bicyclic) bond motifs is 1. The minimum atomic E-state index is -0.260. The molecule has 29 heavy (non-hydrogen) atoms. The van der Waals surface area contributed by atoms with Crippen molar-refractivity contribution in [3.63, 3.8) is 0 Å². The van der Waals surface area contributed by atoms with E-state index in [0.29, 0.717) is 5.56 Å². The number of aromatic nitrogens is 2. The van der Waals surface area contributed by atoms with Crippen LogP contribution in [-0.4, -0.2) is 21.7 Å². The number of halogens is 1. The van der Waals surface area contributed by atoms with Crippen LogP contribution in [0.1, 0.15) is 27.3 Å². The summed E-state index contributed by atoms with van der Waals surface area (Å²) in [5.74, 6) is -0.260. The normalized spacial score (nSPS) is 11.3. The fraction of sp³-hybridized carbons (Fsp3) is 0.0870. The molecule has 144 valence electrons. The van der Waals surface area contributed by atoms with E-state index in [2.05, 4.69) is 67.2 Å². The standard InChI is InChI=1S/C23H19BrN4O/c1-15-12-18(14-26-27-23(29)20-7-3-4-8-21(20)24)16(2)28(15)19-9-10-22-17(13-19)6-5-11-25-22/h3-14H,1-2H3,(H,27,29)/b26-14-. The largest absolute Gasteiger partial charge is 0.318 e. The number of rotatable bonds is 4. The van der Waals surface area contributed by atoms with Gasteiger partial charge in [0.25, 0.3) is 5.91 Å². The van der Waals surface area contributed by atoms with Crippen LogP contribution in [0.5, 0.6) is 0 Å². The van der Waals surface area contributed by atoms with Crippen molar-refractivity contribution in [2.24, 2.45) is 5.10 Å². The number of hydrazone groups is 1. The van der Waals surface area contributed by atoms with E-state index in [-0.39, 0.29) is 5.91 Å². The van der Waals surface area contributed by atoms with E-state index in [0.717, 1.165) is 38.0 Å². The van der Waals surface area contributed by atoms with E-state index in [4.69, 9.17) is 0 Å². The van der Waals surface area contributed by atoms with Gasteiger partial charge in [0.05, 0.1) is 17.3 Å². The highest BCUT2D eigenvalue weighted by molar-refractivity contribution is 9.10. The molecule has 2 aromatic heterocycles. The van der Waals surface area contributed by atoms with E-state index in [9.17, 15) is 4.79 Å². The smallest absolute Gasteiger partial charge is 0.272 e. The third-order valence-corrected chi connectivity index (χ3v) is 5.49. The van der Waals surface area contributed by atoms with E-state index in [1.807, 2.05) is 37.3 Å². The van der Waals surface area contributed by atoms with Gasteiger partial charge in [-0.25, -0.2) is 5.43 Å². The lowest BCUT2D eigenvalue weighted by atomic mass is 10.2. The van der Waals surface area contributed by atoms with Crippen LogP contribution in [0, 0.1) is 13.8 Å². The molecular weight excluding hydrogens is 428 g/mol. The van der Waals surface area contributed by atoms with Gasteiger partial charge in [0, 0.05) is 38.7 Å². The zero-order valence-corrected chi connectivity index (χ0v) is 17.6. The first-order chi connectivity index (χ1) is 14.0. The van der Waals surface area contributed by atoms with Gasteiger partial charge in [0.2, 0.25) is 0 Å². The van der Waals surface area contributed by atoms with Gasteiger partial charge in [0.1, 0.15) is 0 Å². The number of pyridine rings is 1. The summed E-state index contributed by atoms with van der Waals surface area (Å²) in [6, 6.07) is 19.5. The summed E-state index contributed by atoms with van der Waals surface area (Å²) in [4.78, 5) is 16.7. The number of carbonyl (C=O) groups excluding carboxylic acids is 1. The second-order valence-electron chi connectivity index (χ2n) is 6.72. The molecule has 0 fully saturated rings. The van der Waals surface area contributed by atoms with Gasteiger partial charge in [-0.15, -0.1) is 0 Å². The molecule has 1 amide bonds. The van der Waals surface area contributed by atoms with Gasteiger partial charge in [-0.3, -0.25) is 9.78 Å². The van der Waals surface area contributed by atoms with Crippen molar-refractivity contribution in [2.45, 2.75) is 13.8 Å². The molecule has 0 saturated heterocycles. The van der Waals surface area contributed by atoms with Crippen LogP contribution in [-0.2, 0) is 0 Å². The van der Waals surface area contributed by atoms with Crippen molar-refractivity contribution in [3.05, 3.63) is 93.8 Å². The first kappa shape index (κ1) is 19.1. The molecule has 0 bridgehead atoms. The maximum atomic E-state index is 12.3. The minimum Gasteiger partial charge on any atom is -0.318 e. The maximum absolute atomic E-state index is 12.3. The molecule has 6 heteroatoms. The number of nitrogens with one attached hydrogen (secondary N) is 1. The molecule has 0 unspecified atom stereocenters. The molecule has 4 aromatic rings. The molecule has 0 aliphatic rings. The van der Waals surface area contributed by atoms with E-state index in [1.165, 1.54) is 0 Å². The van der Waals surface area contributed by atoms with Crippen LogP contribution in [0.25, 0.3) is 16.6 Å². The van der Waals surface area contributed by atoms with Gasteiger partial charge < -0.3 is 4.57 Å². The number of aryl methyl sites for hydroxylation is 1. The number of hydrogen-bond donors (Lipinski definition) is 1. The van der Waals surface area contributed by atoms with Crippen LogP contribution in [0.2, 0.25) is 0 Å². The van der Waals surface area contributed by atoms with Gasteiger partial charge >= 0.3 is 0 Å². The van der Waals surface area contributed by atoms with Crippen LogP contribution < -0.4 is 5.43 Å². The Labute approximate surface area is 177 Å². The summed E-state index contributed by atoms with van der Waals surface area (Å²) in [5.41, 5.74) is 8.25. The molecule has 4 rings (SSSR count). The Balaban J connectivity index is 1.59. The topological polar surface area (TPSA) is 59.3 Å². The first-order valence-corrected chi connectivity index (χ1v) is 9.96. The van der Waals surface area contributed by atoms with Gasteiger partial charge in [-0.2, -0.15) is 5.10 Å². The van der Waals surface area contributed by atoms with Crippen LogP contribution in [0.3, 0.4) is 0 Å². The third kappa shape index (κ3) is 3.84. The van der Waals surface area contributed by atoms with E-state index in [1.54, 1.807) is 18.5 Å². The molecule has 0 aliphatic carbocycles. The highest BCUT2D eigenvalue weighted by atomic mass is 79.9. The van der Waals surface area contributed by atoms with Crippen LogP contribution in [0.15, 0.2) is 76.4 Å². The van der Waals surface area contributed by atoms with Crippen LogP contribution >= 0.6 is 15.9 Å². The van der Waals surface area contributed by atoms with Crippen molar-refractivity contribution in [2.75, 3.05) is 0 Å². The van der Waals surface area contributed by atoms with Crippen molar-refractivity contribution >= 4 is 39.0 Å². The second kappa shape index (κ2) is 8.01. The zero-order chi connectivity index (χ0) is 20.4. The average Bonchev–Trinajstić information content (AvgIpc) is 3.01. The fourth-order valence-corrected chi connectivity index (χ4v) is 3.85. The number of benzene rings is 2. The number of amides is 1. The van der Waals surface area contributed by atoms with Crippen molar-refractivity contribution < 1.29 is 4.79 Å². The van der Waals surface area contributed by atoms with Gasteiger partial charge in [-0.1, -0.05) is 18.2 Å². The Morgan fingerprint density at radius 2 is 1.93 bits per heavy atom. The fourth-order valence-electron chi connectivity index (χ4n) is 3.38. The molecular formula is C23H19BrN4O. The summed E-state index contributed by atoms with van der Waals surface area (Å²) in [6.45, 7) is 4.09. The quantitative estimate of drug-likeness (QED) is 0.347. The number of nitrogens with zero attached hydrogens (tertiary/aromatic N) is 3. The number of hydrogen-bond acceptors (Lipinski definition) is 3. The highest BCUT2D eigenvalue weighted by Crippen LogP contribution is 2.23. The highest BCUT2D eigenvalue weighted by Gasteiger charge is 2.11. The molecule has 0 saturated carbocycles. The van der Waals surface area contributed by atoms with E-state index < -0.39 is 0 Å². The van der Waals surface area contributed by atoms with Crippen molar-refractivity contribution in [1.82, 2.24) is 15.0 Å². The molecule has 0 atom stereocenters. The molecule has 1 N–H and O–H groups in total. The van der Waals surface area contributed by atoms with Crippen molar-refractivity contribution in [1.29, 1.82) is 0 Å². The third-order valence-electron chi connectivity index (χ3n) is 4.80. The zero-order valence-electron chi connectivity index (χ0n) is 16.1. The summed E-state index contributed by atoms with van der Waals surface area (Å²) < 4.78 is 2.90. The second-order valence-corrected chi connectivity index (χ2v) is 7.58. The first-order valence-electron chi connectivity index (χ1n) is 9.16. The molecule has 2 heterocycles. The van der Waals surface area contributed by atoms with E-state index >= 15 is 0 Å². The summed E-state index contributed by atoms with van der Waals surface area (Å²) in [7, 11) is 0. The summed E-state index contributed by atoms with van der Waals surface area (Å²) >= 11 is 3.38. The molecule has 0 radical (unpaired) electrons. The van der Waals surface area contributed by atoms with Gasteiger partial charge in [-0.05, 0) is 72.2 Å². The lowest BCUT2D eigenvalue weighted by molar-refractivity contribution is 0.0954.